The minimum absolute atomic E-state index is 0.00365. The van der Waals surface area contributed by atoms with Gasteiger partial charge in [0.15, 0.2) is 0 Å². The third-order valence-corrected chi connectivity index (χ3v) is 4.07. The van der Waals surface area contributed by atoms with E-state index in [1.807, 2.05) is 30.3 Å². The molecule has 0 spiro atoms. The van der Waals surface area contributed by atoms with Crippen molar-refractivity contribution in [1.82, 2.24) is 5.32 Å². The molecule has 5 heteroatoms. The number of carbonyl (C=O) groups is 1. The third-order valence-electron chi connectivity index (χ3n) is 4.07. The first-order valence-electron chi connectivity index (χ1n) is 8.39. The van der Waals surface area contributed by atoms with Gasteiger partial charge < -0.3 is 10.4 Å². The standard InChI is InChI=1S/C20H23F2NO2/c1-14(24)11-17(15-5-3-2-4-6-15)13-23-20(25)10-7-16-12-18(21)8-9-19(16)22/h2-6,8-9,12,14,17,24H,7,10-11,13H2,1H3,(H,23,25). The number of aliphatic hydroxyl groups is 1. The van der Waals surface area contributed by atoms with E-state index in [1.165, 1.54) is 0 Å². The number of rotatable bonds is 8. The summed E-state index contributed by atoms with van der Waals surface area (Å²) in [7, 11) is 0. The number of hydrogen-bond acceptors (Lipinski definition) is 2. The van der Waals surface area contributed by atoms with Crippen LogP contribution in [0.5, 0.6) is 0 Å². The van der Waals surface area contributed by atoms with E-state index < -0.39 is 17.7 Å². The first-order valence-corrected chi connectivity index (χ1v) is 8.39. The first-order chi connectivity index (χ1) is 12.0. The molecule has 2 unspecified atom stereocenters. The molecule has 0 radical (unpaired) electrons. The second kappa shape index (κ2) is 9.28. The van der Waals surface area contributed by atoms with Gasteiger partial charge in [-0.25, -0.2) is 8.78 Å². The van der Waals surface area contributed by atoms with E-state index in [0.717, 1.165) is 23.8 Å². The van der Waals surface area contributed by atoms with Gasteiger partial charge >= 0.3 is 0 Å². The van der Waals surface area contributed by atoms with Gasteiger partial charge in [-0.1, -0.05) is 30.3 Å². The predicted octanol–water partition coefficient (Wildman–Crippen LogP) is 3.57. The van der Waals surface area contributed by atoms with Crippen LogP contribution in [0.4, 0.5) is 8.78 Å². The Labute approximate surface area is 146 Å². The third kappa shape index (κ3) is 6.27. The van der Waals surface area contributed by atoms with Crippen LogP contribution >= 0.6 is 0 Å². The summed E-state index contributed by atoms with van der Waals surface area (Å²) < 4.78 is 26.7. The number of carbonyl (C=O) groups excluding carboxylic acids is 1. The predicted molar refractivity (Wildman–Crippen MR) is 93.2 cm³/mol. The van der Waals surface area contributed by atoms with E-state index in [0.29, 0.717) is 13.0 Å². The summed E-state index contributed by atoms with van der Waals surface area (Å²) in [6.07, 6.45) is 0.268. The summed E-state index contributed by atoms with van der Waals surface area (Å²) in [5.74, 6) is -1.26. The maximum absolute atomic E-state index is 13.6. The maximum Gasteiger partial charge on any atom is 0.220 e. The molecular formula is C20H23F2NO2. The Morgan fingerprint density at radius 1 is 1.16 bits per heavy atom. The topological polar surface area (TPSA) is 49.3 Å². The summed E-state index contributed by atoms with van der Waals surface area (Å²) in [5.41, 5.74) is 1.23. The summed E-state index contributed by atoms with van der Waals surface area (Å²) in [6, 6.07) is 12.9. The van der Waals surface area contributed by atoms with Gasteiger partial charge in [0.05, 0.1) is 6.10 Å². The lowest BCUT2D eigenvalue weighted by molar-refractivity contribution is -0.121. The Morgan fingerprint density at radius 2 is 1.88 bits per heavy atom. The number of halogens is 2. The zero-order valence-corrected chi connectivity index (χ0v) is 14.2. The molecule has 134 valence electrons. The molecule has 0 aliphatic rings. The number of benzene rings is 2. The molecule has 0 saturated carbocycles. The molecule has 2 atom stereocenters. The largest absolute Gasteiger partial charge is 0.393 e. The Balaban J connectivity index is 1.89. The van der Waals surface area contributed by atoms with Crippen molar-refractivity contribution in [2.75, 3.05) is 6.54 Å². The number of hydrogen-bond donors (Lipinski definition) is 2. The lowest BCUT2D eigenvalue weighted by Crippen LogP contribution is -2.30. The minimum Gasteiger partial charge on any atom is -0.393 e. The van der Waals surface area contributed by atoms with Gasteiger partial charge in [-0.2, -0.15) is 0 Å². The molecule has 1 amide bonds. The van der Waals surface area contributed by atoms with Crippen LogP contribution in [0.25, 0.3) is 0 Å². The lowest BCUT2D eigenvalue weighted by Gasteiger charge is -2.19. The Kier molecular flexibility index (Phi) is 7.07. The molecule has 2 aromatic rings. The van der Waals surface area contributed by atoms with Crippen LogP contribution in [0.15, 0.2) is 48.5 Å². The van der Waals surface area contributed by atoms with Crippen LogP contribution in [0.2, 0.25) is 0 Å². The zero-order chi connectivity index (χ0) is 18.2. The molecule has 2 rings (SSSR count). The van der Waals surface area contributed by atoms with E-state index in [4.69, 9.17) is 0 Å². The van der Waals surface area contributed by atoms with E-state index >= 15 is 0 Å². The molecular weight excluding hydrogens is 324 g/mol. The fraction of sp³-hybridized carbons (Fsp3) is 0.350. The summed E-state index contributed by atoms with van der Waals surface area (Å²) in [6.45, 7) is 2.10. The van der Waals surface area contributed by atoms with E-state index in [1.54, 1.807) is 6.92 Å². The van der Waals surface area contributed by atoms with Gasteiger partial charge in [0.2, 0.25) is 5.91 Å². The second-order valence-corrected chi connectivity index (χ2v) is 6.23. The van der Waals surface area contributed by atoms with Crippen LogP contribution in [-0.4, -0.2) is 23.7 Å². The van der Waals surface area contributed by atoms with Gasteiger partial charge in [-0.15, -0.1) is 0 Å². The molecule has 2 N–H and O–H groups in total. The molecule has 0 aliphatic carbocycles. The number of aryl methyl sites for hydroxylation is 1. The molecule has 0 aliphatic heterocycles. The molecule has 0 aromatic heterocycles. The Hall–Kier alpha value is -2.27. The number of nitrogens with one attached hydrogen (secondary N) is 1. The highest BCUT2D eigenvalue weighted by Crippen LogP contribution is 2.20. The summed E-state index contributed by atoms with van der Waals surface area (Å²) in [4.78, 5) is 12.0. The van der Waals surface area contributed by atoms with E-state index in [-0.39, 0.29) is 30.2 Å². The molecule has 0 saturated heterocycles. The zero-order valence-electron chi connectivity index (χ0n) is 14.2. The van der Waals surface area contributed by atoms with Crippen molar-refractivity contribution in [3.8, 4) is 0 Å². The first kappa shape index (κ1) is 19.1. The number of amides is 1. The maximum atomic E-state index is 13.6. The van der Waals surface area contributed by atoms with Crippen LogP contribution in [-0.2, 0) is 11.2 Å². The fourth-order valence-electron chi connectivity index (χ4n) is 2.78. The summed E-state index contributed by atoms with van der Waals surface area (Å²) >= 11 is 0. The van der Waals surface area contributed by atoms with Crippen LogP contribution in [0.3, 0.4) is 0 Å². The van der Waals surface area contributed by atoms with Crippen molar-refractivity contribution in [2.45, 2.75) is 38.2 Å². The Bertz CT molecular complexity index is 689. The second-order valence-electron chi connectivity index (χ2n) is 6.23. The van der Waals surface area contributed by atoms with Gasteiger partial charge in [0.1, 0.15) is 11.6 Å². The van der Waals surface area contributed by atoms with Crippen molar-refractivity contribution in [3.05, 3.63) is 71.3 Å². The van der Waals surface area contributed by atoms with Gasteiger partial charge in [0.25, 0.3) is 0 Å². The molecule has 3 nitrogen and oxygen atoms in total. The van der Waals surface area contributed by atoms with Gasteiger partial charge in [-0.05, 0) is 49.1 Å². The van der Waals surface area contributed by atoms with Crippen LogP contribution < -0.4 is 5.32 Å². The SMILES string of the molecule is CC(O)CC(CNC(=O)CCc1cc(F)ccc1F)c1ccccc1. The normalized spacial score (nSPS) is 13.3. The van der Waals surface area contributed by atoms with Crippen molar-refractivity contribution < 1.29 is 18.7 Å². The Morgan fingerprint density at radius 3 is 2.56 bits per heavy atom. The van der Waals surface area contributed by atoms with Crippen molar-refractivity contribution in [1.29, 1.82) is 0 Å². The quantitative estimate of drug-likeness (QED) is 0.767. The highest BCUT2D eigenvalue weighted by Gasteiger charge is 2.15. The van der Waals surface area contributed by atoms with Crippen molar-refractivity contribution in [3.63, 3.8) is 0 Å². The van der Waals surface area contributed by atoms with Crippen LogP contribution in [0.1, 0.15) is 36.8 Å². The van der Waals surface area contributed by atoms with Crippen LogP contribution in [0, 0.1) is 11.6 Å². The number of aliphatic hydroxyl groups excluding tert-OH is 1. The van der Waals surface area contributed by atoms with E-state index in [2.05, 4.69) is 5.32 Å². The molecule has 25 heavy (non-hydrogen) atoms. The van der Waals surface area contributed by atoms with E-state index in [9.17, 15) is 18.7 Å². The lowest BCUT2D eigenvalue weighted by atomic mass is 9.93. The highest BCUT2D eigenvalue weighted by molar-refractivity contribution is 5.76. The summed E-state index contributed by atoms with van der Waals surface area (Å²) in [5, 5.41) is 12.5. The molecule has 0 heterocycles. The highest BCUT2D eigenvalue weighted by atomic mass is 19.1. The molecule has 2 aromatic carbocycles. The fourth-order valence-corrected chi connectivity index (χ4v) is 2.78. The minimum atomic E-state index is -0.516. The molecule has 0 fully saturated rings. The van der Waals surface area contributed by atoms with Crippen molar-refractivity contribution >= 4 is 5.91 Å². The smallest absolute Gasteiger partial charge is 0.220 e. The average Bonchev–Trinajstić information content (AvgIpc) is 2.59. The molecule has 0 bridgehead atoms. The van der Waals surface area contributed by atoms with Gasteiger partial charge in [0, 0.05) is 18.9 Å². The average molecular weight is 347 g/mol. The van der Waals surface area contributed by atoms with Crippen molar-refractivity contribution in [2.24, 2.45) is 0 Å². The monoisotopic (exact) mass is 347 g/mol. The van der Waals surface area contributed by atoms with Gasteiger partial charge in [-0.3, -0.25) is 4.79 Å².